The van der Waals surface area contributed by atoms with Gasteiger partial charge >= 0.3 is 0 Å². The summed E-state index contributed by atoms with van der Waals surface area (Å²) in [6.45, 7) is 1.83. The summed E-state index contributed by atoms with van der Waals surface area (Å²) < 4.78 is 25.9. The molecule has 0 spiro atoms. The average Bonchev–Trinajstić information content (AvgIpc) is 3.68. The van der Waals surface area contributed by atoms with E-state index in [1.54, 1.807) is 12.3 Å². The molecule has 9 nitrogen and oxygen atoms in total. The molecule has 10 heteroatoms. The fourth-order valence-corrected chi connectivity index (χ4v) is 5.13. The number of H-pyrrole nitrogens is 1. The number of fused-ring (bicyclic) bond motifs is 1. The largest absolute Gasteiger partial charge is 0.494 e. The lowest BCUT2D eigenvalue weighted by molar-refractivity contribution is -0.124. The number of pyridine rings is 1. The number of methoxy groups -OCH3 is 1. The third-order valence-electron chi connectivity index (χ3n) is 7.39. The van der Waals surface area contributed by atoms with Crippen LogP contribution in [0.25, 0.3) is 22.2 Å². The second-order valence-electron chi connectivity index (χ2n) is 10.2. The van der Waals surface area contributed by atoms with Crippen LogP contribution in [0.4, 0.5) is 4.39 Å². The standard InChI is InChI=1S/C28H33FN4O5/c1-15-25(28(36)33-18-7-5-17(6-8-18)32-24(35)13-34)27-26(31-15)19(9-10-30-27)20-11-23(37-2)21(29)12-22(20)38-14-16-3-4-16/h9-12,16-18,31,34H,3-8,13-14H2,1-2H3,(H,32,35)(H,33,36)/t17-,18+. The highest BCUT2D eigenvalue weighted by Crippen LogP contribution is 2.40. The maximum atomic E-state index is 14.6. The SMILES string of the molecule is COc1cc(-c2ccnc3c(C(=O)N[C@H]4CC[C@@H](NC(=O)CO)CC4)c(C)[nH]c23)c(OCC2CC2)cc1F. The van der Waals surface area contributed by atoms with Gasteiger partial charge in [-0.1, -0.05) is 0 Å². The summed E-state index contributed by atoms with van der Waals surface area (Å²) in [5.74, 6) is -0.0752. The van der Waals surface area contributed by atoms with Crippen LogP contribution in [-0.2, 0) is 4.79 Å². The highest BCUT2D eigenvalue weighted by molar-refractivity contribution is 6.09. The van der Waals surface area contributed by atoms with Crippen molar-refractivity contribution in [1.82, 2.24) is 20.6 Å². The molecule has 2 fully saturated rings. The third-order valence-corrected chi connectivity index (χ3v) is 7.39. The lowest BCUT2D eigenvalue weighted by atomic mass is 9.91. The van der Waals surface area contributed by atoms with Crippen LogP contribution in [0, 0.1) is 18.7 Å². The van der Waals surface area contributed by atoms with Crippen molar-refractivity contribution in [1.29, 1.82) is 0 Å². The minimum atomic E-state index is -0.523. The Labute approximate surface area is 220 Å². The second-order valence-corrected chi connectivity index (χ2v) is 10.2. The van der Waals surface area contributed by atoms with Crippen molar-refractivity contribution in [2.75, 3.05) is 20.3 Å². The van der Waals surface area contributed by atoms with Gasteiger partial charge in [0.2, 0.25) is 5.91 Å². The van der Waals surface area contributed by atoms with Gasteiger partial charge in [-0.3, -0.25) is 14.6 Å². The molecular formula is C28H33FN4O5. The van der Waals surface area contributed by atoms with E-state index < -0.39 is 12.4 Å². The van der Waals surface area contributed by atoms with Gasteiger partial charge in [0.05, 0.1) is 24.8 Å². The first-order valence-corrected chi connectivity index (χ1v) is 13.1. The van der Waals surface area contributed by atoms with Crippen molar-refractivity contribution in [3.8, 4) is 22.6 Å². The molecular weight excluding hydrogens is 491 g/mol. The molecule has 3 aromatic rings. The van der Waals surface area contributed by atoms with Crippen LogP contribution >= 0.6 is 0 Å². The fourth-order valence-electron chi connectivity index (χ4n) is 5.13. The Kier molecular flexibility index (Phi) is 7.51. The topological polar surface area (TPSA) is 126 Å². The minimum Gasteiger partial charge on any atom is -0.494 e. The molecule has 0 saturated heterocycles. The molecule has 0 bridgehead atoms. The maximum Gasteiger partial charge on any atom is 0.255 e. The molecule has 0 unspecified atom stereocenters. The minimum absolute atomic E-state index is 0.00545. The van der Waals surface area contributed by atoms with Gasteiger partial charge in [-0.05, 0) is 63.5 Å². The van der Waals surface area contributed by atoms with Gasteiger partial charge < -0.3 is 30.2 Å². The van der Waals surface area contributed by atoms with Gasteiger partial charge in [0.1, 0.15) is 17.9 Å². The molecule has 2 heterocycles. The summed E-state index contributed by atoms with van der Waals surface area (Å²) >= 11 is 0. The van der Waals surface area contributed by atoms with E-state index in [0.29, 0.717) is 46.1 Å². The summed E-state index contributed by atoms with van der Waals surface area (Å²) in [5.41, 5.74) is 3.73. The van der Waals surface area contributed by atoms with E-state index in [2.05, 4.69) is 20.6 Å². The molecule has 2 aliphatic carbocycles. The average molecular weight is 525 g/mol. The molecule has 2 aromatic heterocycles. The Morgan fingerprint density at radius 3 is 2.45 bits per heavy atom. The molecule has 0 atom stereocenters. The van der Waals surface area contributed by atoms with Crippen molar-refractivity contribution in [2.45, 2.75) is 57.5 Å². The smallest absolute Gasteiger partial charge is 0.255 e. The van der Waals surface area contributed by atoms with Crippen molar-refractivity contribution < 1.29 is 28.6 Å². The van der Waals surface area contributed by atoms with Crippen molar-refractivity contribution in [2.24, 2.45) is 5.92 Å². The van der Waals surface area contributed by atoms with Crippen LogP contribution in [0.3, 0.4) is 0 Å². The van der Waals surface area contributed by atoms with E-state index in [1.807, 2.05) is 13.0 Å². The van der Waals surface area contributed by atoms with Gasteiger partial charge in [-0.15, -0.1) is 0 Å². The van der Waals surface area contributed by atoms with Crippen LogP contribution in [-0.4, -0.2) is 59.3 Å². The Balaban J connectivity index is 1.40. The molecule has 1 aromatic carbocycles. The van der Waals surface area contributed by atoms with E-state index in [1.165, 1.54) is 13.2 Å². The van der Waals surface area contributed by atoms with E-state index in [9.17, 15) is 14.0 Å². The zero-order valence-corrected chi connectivity index (χ0v) is 21.6. The number of aliphatic hydroxyl groups excluding tert-OH is 1. The first-order chi connectivity index (χ1) is 18.4. The molecule has 0 radical (unpaired) electrons. The lowest BCUT2D eigenvalue weighted by Crippen LogP contribution is -2.44. The first-order valence-electron chi connectivity index (χ1n) is 13.1. The Morgan fingerprint density at radius 1 is 1.08 bits per heavy atom. The predicted octanol–water partition coefficient (Wildman–Crippen LogP) is 3.62. The zero-order valence-electron chi connectivity index (χ0n) is 21.6. The Hall–Kier alpha value is -3.66. The van der Waals surface area contributed by atoms with Crippen molar-refractivity contribution in [3.05, 3.63) is 41.5 Å². The van der Waals surface area contributed by atoms with Gasteiger partial charge in [0.15, 0.2) is 11.6 Å². The molecule has 38 heavy (non-hydrogen) atoms. The Bertz CT molecular complexity index is 1340. The zero-order chi connectivity index (χ0) is 26.8. The number of halogens is 1. The van der Waals surface area contributed by atoms with E-state index in [-0.39, 0.29) is 29.6 Å². The molecule has 202 valence electrons. The second kappa shape index (κ2) is 11.0. The summed E-state index contributed by atoms with van der Waals surface area (Å²) in [5, 5.41) is 14.9. The number of aryl methyl sites for hydroxylation is 1. The highest BCUT2D eigenvalue weighted by Gasteiger charge is 2.27. The molecule has 4 N–H and O–H groups in total. The number of amides is 2. The van der Waals surface area contributed by atoms with Crippen LogP contribution in [0.2, 0.25) is 0 Å². The number of carbonyl (C=O) groups excluding carboxylic acids is 2. The monoisotopic (exact) mass is 524 g/mol. The number of hydrogen-bond acceptors (Lipinski definition) is 6. The summed E-state index contributed by atoms with van der Waals surface area (Å²) in [7, 11) is 1.42. The number of aliphatic hydroxyl groups is 1. The van der Waals surface area contributed by atoms with Crippen LogP contribution in [0.15, 0.2) is 24.4 Å². The molecule has 0 aliphatic heterocycles. The number of aromatic amines is 1. The molecule has 2 amide bonds. The number of benzene rings is 1. The molecule has 2 aliphatic rings. The van der Waals surface area contributed by atoms with Gasteiger partial charge in [-0.25, -0.2) is 4.39 Å². The van der Waals surface area contributed by atoms with Crippen LogP contribution in [0.1, 0.15) is 54.6 Å². The molecule has 5 rings (SSSR count). The van der Waals surface area contributed by atoms with Gasteiger partial charge in [0.25, 0.3) is 5.91 Å². The van der Waals surface area contributed by atoms with Crippen LogP contribution < -0.4 is 20.1 Å². The summed E-state index contributed by atoms with van der Waals surface area (Å²) in [6, 6.07) is 4.77. The first kappa shape index (κ1) is 26.0. The number of ether oxygens (including phenoxy) is 2. The number of nitrogens with one attached hydrogen (secondary N) is 3. The fraction of sp³-hybridized carbons (Fsp3) is 0.464. The number of nitrogens with zero attached hydrogens (tertiary/aromatic N) is 1. The summed E-state index contributed by atoms with van der Waals surface area (Å²) in [4.78, 5) is 32.7. The normalized spacial score (nSPS) is 19.3. The van der Waals surface area contributed by atoms with E-state index >= 15 is 0 Å². The van der Waals surface area contributed by atoms with E-state index in [4.69, 9.17) is 14.6 Å². The van der Waals surface area contributed by atoms with Crippen LogP contribution in [0.5, 0.6) is 11.5 Å². The number of aromatic nitrogens is 2. The third kappa shape index (κ3) is 5.45. The quantitative estimate of drug-likeness (QED) is 0.339. The van der Waals surface area contributed by atoms with Gasteiger partial charge in [0, 0.05) is 41.2 Å². The highest BCUT2D eigenvalue weighted by atomic mass is 19.1. The van der Waals surface area contributed by atoms with Gasteiger partial charge in [-0.2, -0.15) is 0 Å². The number of hydrogen-bond donors (Lipinski definition) is 4. The number of carbonyl (C=O) groups is 2. The number of rotatable bonds is 9. The van der Waals surface area contributed by atoms with Crippen molar-refractivity contribution >= 4 is 22.8 Å². The molecule has 2 saturated carbocycles. The predicted molar refractivity (Wildman–Crippen MR) is 140 cm³/mol. The summed E-state index contributed by atoms with van der Waals surface area (Å²) in [6.07, 6.45) is 6.75. The van der Waals surface area contributed by atoms with E-state index in [0.717, 1.165) is 44.1 Å². The lowest BCUT2D eigenvalue weighted by Gasteiger charge is -2.29. The maximum absolute atomic E-state index is 14.6. The Morgan fingerprint density at radius 2 is 1.79 bits per heavy atom. The van der Waals surface area contributed by atoms with Crippen molar-refractivity contribution in [3.63, 3.8) is 0 Å².